The second-order valence-corrected chi connectivity index (χ2v) is 4.71. The van der Waals surface area contributed by atoms with Gasteiger partial charge in [0.1, 0.15) is 5.82 Å². The monoisotopic (exact) mass is 250 g/mol. The van der Waals surface area contributed by atoms with E-state index < -0.39 is 5.97 Å². The largest absolute Gasteiger partial charge is 0.481 e. The van der Waals surface area contributed by atoms with Crippen LogP contribution < -0.4 is 9.80 Å². The Morgan fingerprint density at radius 1 is 1.50 bits per heavy atom. The Morgan fingerprint density at radius 3 is 2.67 bits per heavy atom. The average Bonchev–Trinajstić information content (AvgIpc) is 2.25. The lowest BCUT2D eigenvalue weighted by Crippen LogP contribution is -2.51. The van der Waals surface area contributed by atoms with Crippen LogP contribution in [0.15, 0.2) is 6.07 Å². The van der Waals surface area contributed by atoms with Crippen molar-refractivity contribution in [3.8, 4) is 0 Å². The third-order valence-electron chi connectivity index (χ3n) is 3.07. The number of hydrogen-bond donors (Lipinski definition) is 1. The molecule has 0 radical (unpaired) electrons. The molecule has 0 bridgehead atoms. The number of hydrogen-bond acceptors (Lipinski definition) is 5. The van der Waals surface area contributed by atoms with Crippen molar-refractivity contribution >= 4 is 17.7 Å². The summed E-state index contributed by atoms with van der Waals surface area (Å²) < 4.78 is 0. The third-order valence-corrected chi connectivity index (χ3v) is 3.07. The molecule has 1 fully saturated rings. The first kappa shape index (κ1) is 12.6. The summed E-state index contributed by atoms with van der Waals surface area (Å²) in [6.07, 6.45) is 0.840. The van der Waals surface area contributed by atoms with Gasteiger partial charge in [0.15, 0.2) is 0 Å². The van der Waals surface area contributed by atoms with Gasteiger partial charge in [-0.25, -0.2) is 4.98 Å². The van der Waals surface area contributed by atoms with Gasteiger partial charge in [0.05, 0.1) is 5.92 Å². The van der Waals surface area contributed by atoms with Gasteiger partial charge in [-0.05, 0) is 6.42 Å². The van der Waals surface area contributed by atoms with Gasteiger partial charge in [0.25, 0.3) is 0 Å². The fraction of sp³-hybridized carbons (Fsp3) is 0.583. The van der Waals surface area contributed by atoms with Crippen LogP contribution in [-0.2, 0) is 11.2 Å². The quantitative estimate of drug-likeness (QED) is 0.845. The molecule has 0 aliphatic carbocycles. The summed E-state index contributed by atoms with van der Waals surface area (Å²) in [5.74, 6) is 0.489. The summed E-state index contributed by atoms with van der Waals surface area (Å²) in [5, 5.41) is 8.87. The minimum Gasteiger partial charge on any atom is -0.481 e. The van der Waals surface area contributed by atoms with Gasteiger partial charge >= 0.3 is 5.97 Å². The minimum atomic E-state index is -0.733. The molecule has 1 saturated heterocycles. The molecule has 0 spiro atoms. The van der Waals surface area contributed by atoms with Crippen LogP contribution in [-0.4, -0.2) is 48.2 Å². The third kappa shape index (κ3) is 2.37. The summed E-state index contributed by atoms with van der Waals surface area (Å²) in [5.41, 5.74) is 0.975. The van der Waals surface area contributed by atoms with Crippen LogP contribution in [0.4, 0.5) is 11.8 Å². The summed E-state index contributed by atoms with van der Waals surface area (Å²) in [6.45, 7) is 3.10. The number of carboxylic acid groups (broad SMARTS) is 1. The Kier molecular flexibility index (Phi) is 3.36. The maximum absolute atomic E-state index is 10.8. The van der Waals surface area contributed by atoms with Crippen molar-refractivity contribution in [2.24, 2.45) is 5.92 Å². The van der Waals surface area contributed by atoms with Crippen LogP contribution in [0, 0.1) is 5.92 Å². The highest BCUT2D eigenvalue weighted by Gasteiger charge is 2.33. The Hall–Kier alpha value is -1.85. The first-order valence-electron chi connectivity index (χ1n) is 6.04. The predicted octanol–water partition coefficient (Wildman–Crippen LogP) is 0.626. The normalized spacial score (nSPS) is 15.4. The highest BCUT2D eigenvalue weighted by Crippen LogP contribution is 2.25. The number of aliphatic carboxylic acids is 1. The van der Waals surface area contributed by atoms with Crippen molar-refractivity contribution in [2.45, 2.75) is 13.3 Å². The van der Waals surface area contributed by atoms with E-state index in [0.717, 1.165) is 17.9 Å². The molecule has 1 N–H and O–H groups in total. The van der Waals surface area contributed by atoms with Crippen LogP contribution in [0.5, 0.6) is 0 Å². The fourth-order valence-electron chi connectivity index (χ4n) is 1.83. The molecular formula is C12H18N4O2. The van der Waals surface area contributed by atoms with Gasteiger partial charge in [-0.3, -0.25) is 4.79 Å². The minimum absolute atomic E-state index is 0.271. The lowest BCUT2D eigenvalue weighted by atomic mass is 10.0. The Bertz CT molecular complexity index is 455. The van der Waals surface area contributed by atoms with Crippen LogP contribution in [0.1, 0.15) is 12.6 Å². The molecular weight excluding hydrogens is 232 g/mol. The van der Waals surface area contributed by atoms with Gasteiger partial charge in [-0.1, -0.05) is 6.92 Å². The lowest BCUT2D eigenvalue weighted by Gasteiger charge is -2.37. The number of carbonyl (C=O) groups is 1. The topological polar surface area (TPSA) is 69.6 Å². The van der Waals surface area contributed by atoms with Crippen molar-refractivity contribution in [2.75, 3.05) is 37.0 Å². The van der Waals surface area contributed by atoms with Gasteiger partial charge in [0.2, 0.25) is 5.95 Å². The summed E-state index contributed by atoms with van der Waals surface area (Å²) in [4.78, 5) is 23.5. The second kappa shape index (κ2) is 4.80. The molecule has 1 aromatic rings. The van der Waals surface area contributed by atoms with Gasteiger partial charge in [0, 0.05) is 38.9 Å². The van der Waals surface area contributed by atoms with E-state index in [4.69, 9.17) is 5.11 Å². The number of anilines is 2. The zero-order valence-electron chi connectivity index (χ0n) is 10.9. The standard InChI is InChI=1S/C12H18N4O2/c1-4-9-5-10(14-12(13-9)15(2)3)16-6-8(7-16)11(17)18/h5,8H,4,6-7H2,1-3H3,(H,17,18). The van der Waals surface area contributed by atoms with Gasteiger partial charge in [-0.15, -0.1) is 0 Å². The Labute approximate surface area is 106 Å². The molecule has 0 saturated carbocycles. The van der Waals surface area contributed by atoms with Crippen molar-refractivity contribution < 1.29 is 9.90 Å². The van der Waals surface area contributed by atoms with E-state index in [1.165, 1.54) is 0 Å². The second-order valence-electron chi connectivity index (χ2n) is 4.71. The van der Waals surface area contributed by atoms with E-state index >= 15 is 0 Å². The van der Waals surface area contributed by atoms with E-state index in [9.17, 15) is 4.79 Å². The number of rotatable bonds is 4. The Balaban J connectivity index is 2.18. The average molecular weight is 250 g/mol. The van der Waals surface area contributed by atoms with Crippen molar-refractivity contribution in [1.82, 2.24) is 9.97 Å². The lowest BCUT2D eigenvalue weighted by molar-refractivity contribution is -0.142. The van der Waals surface area contributed by atoms with Crippen LogP contribution in [0.2, 0.25) is 0 Å². The molecule has 6 heteroatoms. The number of nitrogens with zero attached hydrogens (tertiary/aromatic N) is 4. The van der Waals surface area contributed by atoms with Crippen molar-refractivity contribution in [1.29, 1.82) is 0 Å². The zero-order chi connectivity index (χ0) is 13.3. The van der Waals surface area contributed by atoms with Crippen LogP contribution in [0.25, 0.3) is 0 Å². The van der Waals surface area contributed by atoms with Gasteiger partial charge < -0.3 is 14.9 Å². The molecule has 0 atom stereocenters. The number of aryl methyl sites for hydroxylation is 1. The van der Waals surface area contributed by atoms with Crippen molar-refractivity contribution in [3.63, 3.8) is 0 Å². The maximum Gasteiger partial charge on any atom is 0.310 e. The molecule has 2 rings (SSSR count). The number of aromatic nitrogens is 2. The summed E-state index contributed by atoms with van der Waals surface area (Å²) >= 11 is 0. The molecule has 18 heavy (non-hydrogen) atoms. The molecule has 1 aromatic heterocycles. The summed E-state index contributed by atoms with van der Waals surface area (Å²) in [7, 11) is 3.80. The molecule has 6 nitrogen and oxygen atoms in total. The SMILES string of the molecule is CCc1cc(N2CC(C(=O)O)C2)nc(N(C)C)n1. The zero-order valence-corrected chi connectivity index (χ0v) is 10.9. The van der Waals surface area contributed by atoms with Crippen LogP contribution in [0.3, 0.4) is 0 Å². The number of carboxylic acids is 1. The molecule has 1 aliphatic heterocycles. The predicted molar refractivity (Wildman–Crippen MR) is 69.1 cm³/mol. The van der Waals surface area contributed by atoms with Crippen LogP contribution >= 0.6 is 0 Å². The molecule has 1 aliphatic rings. The molecule has 0 amide bonds. The Morgan fingerprint density at radius 2 is 2.17 bits per heavy atom. The molecule has 98 valence electrons. The maximum atomic E-state index is 10.8. The fourth-order valence-corrected chi connectivity index (χ4v) is 1.83. The first-order valence-corrected chi connectivity index (χ1v) is 6.04. The van der Waals surface area contributed by atoms with Crippen molar-refractivity contribution in [3.05, 3.63) is 11.8 Å². The van der Waals surface area contributed by atoms with E-state index in [1.54, 1.807) is 0 Å². The van der Waals surface area contributed by atoms with E-state index in [2.05, 4.69) is 9.97 Å². The highest BCUT2D eigenvalue weighted by molar-refractivity contribution is 5.74. The van der Waals surface area contributed by atoms with E-state index in [-0.39, 0.29) is 5.92 Å². The smallest absolute Gasteiger partial charge is 0.310 e. The summed E-state index contributed by atoms with van der Waals surface area (Å²) in [6, 6.07) is 1.94. The van der Waals surface area contributed by atoms with Gasteiger partial charge in [-0.2, -0.15) is 4.98 Å². The molecule has 2 heterocycles. The van der Waals surface area contributed by atoms with E-state index in [0.29, 0.717) is 19.0 Å². The molecule has 0 aromatic carbocycles. The first-order chi connectivity index (χ1) is 8.51. The highest BCUT2D eigenvalue weighted by atomic mass is 16.4. The molecule has 0 unspecified atom stereocenters. The van der Waals surface area contributed by atoms with E-state index in [1.807, 2.05) is 36.9 Å².